The summed E-state index contributed by atoms with van der Waals surface area (Å²) < 4.78 is 15.9. The molecule has 0 unspecified atom stereocenters. The van der Waals surface area contributed by atoms with Crippen molar-refractivity contribution in [3.8, 4) is 23.0 Å². The number of hydrogen-bond donors (Lipinski definition) is 1. The van der Waals surface area contributed by atoms with Gasteiger partial charge in [-0.2, -0.15) is 0 Å². The summed E-state index contributed by atoms with van der Waals surface area (Å²) in [5.74, 6) is 1.72. The Balaban J connectivity index is 2.27. The second kappa shape index (κ2) is 8.45. The molecule has 128 valence electrons. The number of ether oxygens (including phenoxy) is 3. The average Bonchev–Trinajstić information content (AvgIpc) is 2.59. The topological polar surface area (TPSA) is 60.3 Å². The van der Waals surface area contributed by atoms with E-state index in [-0.39, 0.29) is 5.75 Å². The minimum absolute atomic E-state index is 0.0900. The summed E-state index contributed by atoms with van der Waals surface area (Å²) in [6.45, 7) is 2.63. The molecule has 0 atom stereocenters. The standard InChI is InChI=1S/C18H20ClNO4/c1-4-7-24-13-6-5-12(16(21)8-13)11-20-15-10-17(22-2)14(19)9-18(15)23-3/h5-6,8-11,21H,4,7H2,1-3H3. The lowest BCUT2D eigenvalue weighted by molar-refractivity contribution is 0.315. The molecule has 0 aliphatic carbocycles. The van der Waals surface area contributed by atoms with Crippen molar-refractivity contribution in [2.75, 3.05) is 20.8 Å². The van der Waals surface area contributed by atoms with Gasteiger partial charge in [0.05, 0.1) is 25.8 Å². The fourth-order valence-corrected chi connectivity index (χ4v) is 2.26. The smallest absolute Gasteiger partial charge is 0.146 e. The highest BCUT2D eigenvalue weighted by molar-refractivity contribution is 6.32. The normalized spacial score (nSPS) is 10.8. The van der Waals surface area contributed by atoms with Crippen molar-refractivity contribution < 1.29 is 19.3 Å². The second-order valence-corrected chi connectivity index (χ2v) is 5.39. The minimum atomic E-state index is 0.0900. The third kappa shape index (κ3) is 4.32. The van der Waals surface area contributed by atoms with E-state index in [9.17, 15) is 5.11 Å². The van der Waals surface area contributed by atoms with E-state index in [1.54, 1.807) is 36.5 Å². The lowest BCUT2D eigenvalue weighted by Gasteiger charge is -2.09. The number of hydrogen-bond acceptors (Lipinski definition) is 5. The molecule has 0 spiro atoms. The van der Waals surface area contributed by atoms with Crippen LogP contribution in [0.25, 0.3) is 0 Å². The quantitative estimate of drug-likeness (QED) is 0.742. The van der Waals surface area contributed by atoms with E-state index in [0.717, 1.165) is 6.42 Å². The molecule has 1 N–H and O–H groups in total. The van der Waals surface area contributed by atoms with E-state index in [2.05, 4.69) is 4.99 Å². The number of halogens is 1. The number of phenols is 1. The van der Waals surface area contributed by atoms with Crippen molar-refractivity contribution in [2.24, 2.45) is 4.99 Å². The first kappa shape index (κ1) is 17.9. The van der Waals surface area contributed by atoms with Gasteiger partial charge in [-0.15, -0.1) is 0 Å². The van der Waals surface area contributed by atoms with Gasteiger partial charge in [0, 0.05) is 30.0 Å². The van der Waals surface area contributed by atoms with Gasteiger partial charge < -0.3 is 19.3 Å². The molecule has 2 rings (SSSR count). The first-order chi connectivity index (χ1) is 11.6. The summed E-state index contributed by atoms with van der Waals surface area (Å²) in [6, 6.07) is 8.40. The monoisotopic (exact) mass is 349 g/mol. The van der Waals surface area contributed by atoms with Crippen LogP contribution in [-0.2, 0) is 0 Å². The molecule has 0 aliphatic rings. The van der Waals surface area contributed by atoms with E-state index in [4.69, 9.17) is 25.8 Å². The molecule has 2 aromatic rings. The van der Waals surface area contributed by atoms with E-state index in [1.807, 2.05) is 6.92 Å². The van der Waals surface area contributed by atoms with Crippen molar-refractivity contribution in [2.45, 2.75) is 13.3 Å². The summed E-state index contributed by atoms with van der Waals surface area (Å²) >= 11 is 6.07. The Morgan fingerprint density at radius 3 is 2.50 bits per heavy atom. The summed E-state index contributed by atoms with van der Waals surface area (Å²) in [5.41, 5.74) is 1.11. The largest absolute Gasteiger partial charge is 0.507 e. The molecule has 0 heterocycles. The van der Waals surface area contributed by atoms with Gasteiger partial charge in [-0.05, 0) is 18.6 Å². The number of benzene rings is 2. The Bertz CT molecular complexity index is 731. The third-order valence-electron chi connectivity index (χ3n) is 3.27. The number of nitrogens with zero attached hydrogens (tertiary/aromatic N) is 1. The zero-order valence-corrected chi connectivity index (χ0v) is 14.6. The van der Waals surface area contributed by atoms with E-state index >= 15 is 0 Å². The Labute approximate surface area is 146 Å². The van der Waals surface area contributed by atoms with Gasteiger partial charge in [-0.3, -0.25) is 4.99 Å². The molecule has 0 radical (unpaired) electrons. The van der Waals surface area contributed by atoms with Crippen molar-refractivity contribution in [3.05, 3.63) is 40.9 Å². The van der Waals surface area contributed by atoms with Gasteiger partial charge in [0.1, 0.15) is 28.7 Å². The van der Waals surface area contributed by atoms with Gasteiger partial charge in [-0.1, -0.05) is 18.5 Å². The Morgan fingerprint density at radius 1 is 1.12 bits per heavy atom. The summed E-state index contributed by atoms with van der Waals surface area (Å²) in [7, 11) is 3.07. The highest BCUT2D eigenvalue weighted by Crippen LogP contribution is 2.37. The van der Waals surface area contributed by atoms with Crippen molar-refractivity contribution in [1.29, 1.82) is 0 Å². The fourth-order valence-electron chi connectivity index (χ4n) is 2.03. The van der Waals surface area contributed by atoms with Crippen LogP contribution in [0, 0.1) is 0 Å². The predicted molar refractivity (Wildman–Crippen MR) is 95.7 cm³/mol. The SMILES string of the molecule is CCCOc1ccc(C=Nc2cc(OC)c(Cl)cc2OC)c(O)c1. The van der Waals surface area contributed by atoms with Crippen LogP contribution < -0.4 is 14.2 Å². The Kier molecular flexibility index (Phi) is 6.32. The summed E-state index contributed by atoms with van der Waals surface area (Å²) in [5, 5.41) is 10.5. The van der Waals surface area contributed by atoms with Crippen molar-refractivity contribution in [3.63, 3.8) is 0 Å². The maximum atomic E-state index is 10.1. The molecule has 0 aromatic heterocycles. The van der Waals surface area contributed by atoms with Gasteiger partial charge >= 0.3 is 0 Å². The van der Waals surface area contributed by atoms with Crippen LogP contribution in [0.4, 0.5) is 5.69 Å². The van der Waals surface area contributed by atoms with Crippen LogP contribution >= 0.6 is 11.6 Å². The molecular formula is C18H20ClNO4. The van der Waals surface area contributed by atoms with Crippen molar-refractivity contribution >= 4 is 23.5 Å². The van der Waals surface area contributed by atoms with Crippen LogP contribution in [0.3, 0.4) is 0 Å². The second-order valence-electron chi connectivity index (χ2n) is 4.99. The molecule has 0 bridgehead atoms. The highest BCUT2D eigenvalue weighted by Gasteiger charge is 2.09. The highest BCUT2D eigenvalue weighted by atomic mass is 35.5. The first-order valence-electron chi connectivity index (χ1n) is 7.50. The molecule has 2 aromatic carbocycles. The molecule has 5 nitrogen and oxygen atoms in total. The summed E-state index contributed by atoms with van der Waals surface area (Å²) in [4.78, 5) is 4.36. The molecular weight excluding hydrogens is 330 g/mol. The van der Waals surface area contributed by atoms with Gasteiger partial charge in [-0.25, -0.2) is 0 Å². The van der Waals surface area contributed by atoms with Gasteiger partial charge in [0.15, 0.2) is 0 Å². The maximum absolute atomic E-state index is 10.1. The van der Waals surface area contributed by atoms with Gasteiger partial charge in [0.2, 0.25) is 0 Å². The predicted octanol–water partition coefficient (Wildman–Crippen LogP) is 4.60. The van der Waals surface area contributed by atoms with E-state index in [1.165, 1.54) is 14.2 Å². The van der Waals surface area contributed by atoms with Crippen LogP contribution in [0.5, 0.6) is 23.0 Å². The van der Waals surface area contributed by atoms with Crippen LogP contribution in [0.2, 0.25) is 5.02 Å². The van der Waals surface area contributed by atoms with Crippen LogP contribution in [0.15, 0.2) is 35.3 Å². The average molecular weight is 350 g/mol. The molecule has 0 aliphatic heterocycles. The minimum Gasteiger partial charge on any atom is -0.507 e. The number of methoxy groups -OCH3 is 2. The lowest BCUT2D eigenvalue weighted by Crippen LogP contribution is -1.95. The Morgan fingerprint density at radius 2 is 1.88 bits per heavy atom. The number of aromatic hydroxyl groups is 1. The zero-order chi connectivity index (χ0) is 17.5. The number of phenolic OH excluding ortho intramolecular Hbond substituents is 1. The first-order valence-corrected chi connectivity index (χ1v) is 7.88. The molecule has 24 heavy (non-hydrogen) atoms. The number of aliphatic imine (C=N–C) groups is 1. The maximum Gasteiger partial charge on any atom is 0.146 e. The Hall–Kier alpha value is -2.40. The lowest BCUT2D eigenvalue weighted by atomic mass is 10.2. The van der Waals surface area contributed by atoms with Crippen LogP contribution in [0.1, 0.15) is 18.9 Å². The third-order valence-corrected chi connectivity index (χ3v) is 3.57. The summed E-state index contributed by atoms with van der Waals surface area (Å²) in [6.07, 6.45) is 2.45. The molecule has 0 saturated heterocycles. The van der Waals surface area contributed by atoms with Crippen LogP contribution in [-0.4, -0.2) is 32.1 Å². The molecule has 6 heteroatoms. The van der Waals surface area contributed by atoms with E-state index < -0.39 is 0 Å². The molecule has 0 amide bonds. The zero-order valence-electron chi connectivity index (χ0n) is 13.9. The number of rotatable bonds is 7. The van der Waals surface area contributed by atoms with Crippen molar-refractivity contribution in [1.82, 2.24) is 0 Å². The fraction of sp³-hybridized carbons (Fsp3) is 0.278. The molecule has 0 fully saturated rings. The van der Waals surface area contributed by atoms with Gasteiger partial charge in [0.25, 0.3) is 0 Å². The molecule has 0 saturated carbocycles. The van der Waals surface area contributed by atoms with E-state index in [0.29, 0.717) is 40.1 Å².